The molecular formula is C19H33N7O9. The number of hydrogen-bond acceptors (Lipinski definition) is 8. The fraction of sp³-hybridized carbons (Fsp3) is 0.632. The van der Waals surface area contributed by atoms with E-state index in [-0.39, 0.29) is 31.8 Å². The van der Waals surface area contributed by atoms with Crippen LogP contribution in [0.2, 0.25) is 0 Å². The molecule has 0 bridgehead atoms. The third-order valence-electron chi connectivity index (χ3n) is 4.59. The van der Waals surface area contributed by atoms with Crippen LogP contribution >= 0.6 is 0 Å². The molecule has 0 aromatic rings. The first kappa shape index (κ1) is 31.0. The molecule has 0 aromatic carbocycles. The van der Waals surface area contributed by atoms with Gasteiger partial charge in [-0.1, -0.05) is 0 Å². The van der Waals surface area contributed by atoms with Crippen molar-refractivity contribution in [1.29, 1.82) is 0 Å². The third kappa shape index (κ3) is 14.0. The summed E-state index contributed by atoms with van der Waals surface area (Å²) in [5.41, 5.74) is 16.2. The van der Waals surface area contributed by atoms with E-state index in [0.717, 1.165) is 0 Å². The molecular weight excluding hydrogens is 470 g/mol. The smallest absolute Gasteiger partial charge is 0.325 e. The molecule has 0 saturated heterocycles. The van der Waals surface area contributed by atoms with Gasteiger partial charge in [-0.2, -0.15) is 0 Å². The second-order valence-electron chi connectivity index (χ2n) is 7.61. The van der Waals surface area contributed by atoms with Crippen molar-refractivity contribution in [1.82, 2.24) is 16.0 Å². The largest absolute Gasteiger partial charge is 0.481 e. The zero-order valence-corrected chi connectivity index (χ0v) is 19.2. The van der Waals surface area contributed by atoms with Gasteiger partial charge in [0.25, 0.3) is 0 Å². The summed E-state index contributed by atoms with van der Waals surface area (Å²) in [6, 6.07) is -5.28. The molecule has 0 radical (unpaired) electrons. The summed E-state index contributed by atoms with van der Waals surface area (Å²) < 4.78 is 0. The van der Waals surface area contributed by atoms with Crippen molar-refractivity contribution in [2.75, 3.05) is 6.54 Å². The maximum atomic E-state index is 12.8. The Bertz CT molecular complexity index is 814. The van der Waals surface area contributed by atoms with Crippen LogP contribution in [0.5, 0.6) is 0 Å². The van der Waals surface area contributed by atoms with E-state index in [1.807, 2.05) is 0 Å². The Morgan fingerprint density at radius 3 is 1.66 bits per heavy atom. The van der Waals surface area contributed by atoms with E-state index < -0.39 is 72.6 Å². The minimum atomic E-state index is -1.46. The highest BCUT2D eigenvalue weighted by molar-refractivity contribution is 5.94. The van der Waals surface area contributed by atoms with E-state index in [1.165, 1.54) is 6.92 Å². The lowest BCUT2D eigenvalue weighted by Gasteiger charge is -2.24. The molecule has 35 heavy (non-hydrogen) atoms. The first-order valence-electron chi connectivity index (χ1n) is 10.6. The van der Waals surface area contributed by atoms with Crippen molar-refractivity contribution >= 4 is 41.6 Å². The van der Waals surface area contributed by atoms with Crippen LogP contribution in [-0.4, -0.2) is 87.6 Å². The first-order chi connectivity index (χ1) is 16.2. The number of aliphatic carboxylic acids is 3. The van der Waals surface area contributed by atoms with Gasteiger partial charge in [0, 0.05) is 19.4 Å². The van der Waals surface area contributed by atoms with Gasteiger partial charge in [-0.05, 0) is 32.6 Å². The molecule has 4 unspecified atom stereocenters. The van der Waals surface area contributed by atoms with Gasteiger partial charge >= 0.3 is 17.9 Å². The van der Waals surface area contributed by atoms with Gasteiger partial charge in [0.1, 0.15) is 18.1 Å². The van der Waals surface area contributed by atoms with E-state index in [2.05, 4.69) is 20.9 Å². The van der Waals surface area contributed by atoms with Crippen LogP contribution in [0.1, 0.15) is 45.4 Å². The molecule has 0 spiro atoms. The molecule has 16 heteroatoms. The molecule has 0 saturated carbocycles. The summed E-state index contributed by atoms with van der Waals surface area (Å²) in [5, 5.41) is 33.5. The summed E-state index contributed by atoms with van der Waals surface area (Å²) in [7, 11) is 0. The van der Waals surface area contributed by atoms with Crippen LogP contribution in [0.25, 0.3) is 0 Å². The number of aliphatic imine (C=N–C) groups is 1. The molecule has 0 aliphatic carbocycles. The lowest BCUT2D eigenvalue weighted by molar-refractivity contribution is -0.142. The number of hydrogen-bond donors (Lipinski definition) is 9. The van der Waals surface area contributed by atoms with Crippen molar-refractivity contribution in [2.45, 2.75) is 69.6 Å². The summed E-state index contributed by atoms with van der Waals surface area (Å²) in [4.78, 5) is 74.2. The lowest BCUT2D eigenvalue weighted by Crippen LogP contribution is -2.57. The van der Waals surface area contributed by atoms with Gasteiger partial charge < -0.3 is 48.5 Å². The average molecular weight is 504 g/mol. The number of nitrogens with one attached hydrogen (secondary N) is 3. The minimum Gasteiger partial charge on any atom is -0.481 e. The van der Waals surface area contributed by atoms with Crippen LogP contribution in [0.15, 0.2) is 4.99 Å². The number of rotatable bonds is 17. The molecule has 12 N–H and O–H groups in total. The SMILES string of the molecule is CC(NC(=O)C(CCC(=O)O)NC(=O)C(CCC(=O)O)NC(=O)C(N)CCCN=C(N)N)C(=O)O. The predicted molar refractivity (Wildman–Crippen MR) is 121 cm³/mol. The zero-order chi connectivity index (χ0) is 27.1. The van der Waals surface area contributed by atoms with Crippen molar-refractivity contribution in [3.8, 4) is 0 Å². The van der Waals surface area contributed by atoms with Gasteiger partial charge in [0.15, 0.2) is 5.96 Å². The minimum absolute atomic E-state index is 0.132. The third-order valence-corrected chi connectivity index (χ3v) is 4.59. The standard InChI is InChI=1S/C19H33N7O9/c1-9(18(34)35)24-16(32)11(4-6-13(27)28)26-17(33)12(5-7-14(29)30)25-15(31)10(20)3-2-8-23-19(21)22/h9-12H,2-8,20H2,1H3,(H,24,32)(H,25,31)(H,26,33)(H,27,28)(H,29,30)(H,34,35)(H4,21,22,23). The topological polar surface area (TPSA) is 290 Å². The van der Waals surface area contributed by atoms with Crippen LogP contribution in [0, 0.1) is 0 Å². The predicted octanol–water partition coefficient (Wildman–Crippen LogP) is -3.34. The highest BCUT2D eigenvalue weighted by Crippen LogP contribution is 2.05. The lowest BCUT2D eigenvalue weighted by atomic mass is 10.1. The van der Waals surface area contributed by atoms with E-state index in [0.29, 0.717) is 6.42 Å². The van der Waals surface area contributed by atoms with E-state index in [9.17, 15) is 28.8 Å². The fourth-order valence-corrected chi connectivity index (χ4v) is 2.65. The Hall–Kier alpha value is -3.95. The summed E-state index contributed by atoms with van der Waals surface area (Å²) in [6.07, 6.45) is -1.30. The van der Waals surface area contributed by atoms with Crippen LogP contribution in [0.3, 0.4) is 0 Å². The fourth-order valence-electron chi connectivity index (χ4n) is 2.65. The normalized spacial score (nSPS) is 13.9. The summed E-state index contributed by atoms with van der Waals surface area (Å²) in [6.45, 7) is 1.38. The van der Waals surface area contributed by atoms with Gasteiger partial charge in [-0.15, -0.1) is 0 Å². The Morgan fingerprint density at radius 1 is 0.771 bits per heavy atom. The molecule has 0 aliphatic heterocycles. The highest BCUT2D eigenvalue weighted by atomic mass is 16.4. The first-order valence-corrected chi connectivity index (χ1v) is 10.6. The molecule has 198 valence electrons. The van der Waals surface area contributed by atoms with E-state index in [4.69, 9.17) is 32.5 Å². The van der Waals surface area contributed by atoms with Crippen molar-refractivity contribution < 1.29 is 44.1 Å². The maximum absolute atomic E-state index is 12.8. The van der Waals surface area contributed by atoms with E-state index in [1.54, 1.807) is 0 Å². The Balaban J connectivity index is 5.39. The molecule has 0 aliphatic rings. The molecule has 3 amide bonds. The molecule has 0 heterocycles. The number of carbonyl (C=O) groups excluding carboxylic acids is 3. The second kappa shape index (κ2) is 15.8. The molecule has 0 rings (SSSR count). The molecule has 0 fully saturated rings. The van der Waals surface area contributed by atoms with Crippen molar-refractivity contribution in [3.05, 3.63) is 0 Å². The summed E-state index contributed by atoms with van der Waals surface area (Å²) in [5.74, 6) is -6.73. The Labute approximate surface area is 200 Å². The molecule has 16 nitrogen and oxygen atoms in total. The Kier molecular flexibility index (Phi) is 14.0. The zero-order valence-electron chi connectivity index (χ0n) is 19.2. The van der Waals surface area contributed by atoms with Crippen molar-refractivity contribution in [2.24, 2.45) is 22.2 Å². The monoisotopic (exact) mass is 503 g/mol. The van der Waals surface area contributed by atoms with Crippen LogP contribution < -0.4 is 33.2 Å². The number of carboxylic acid groups (broad SMARTS) is 3. The average Bonchev–Trinajstić information content (AvgIpc) is 2.75. The number of nitrogens with zero attached hydrogens (tertiary/aromatic N) is 1. The Morgan fingerprint density at radius 2 is 1.23 bits per heavy atom. The van der Waals surface area contributed by atoms with Crippen LogP contribution in [0.4, 0.5) is 0 Å². The number of guanidine groups is 1. The molecule has 4 atom stereocenters. The number of amides is 3. The number of carboxylic acids is 3. The highest BCUT2D eigenvalue weighted by Gasteiger charge is 2.30. The van der Waals surface area contributed by atoms with Gasteiger partial charge in [0.2, 0.25) is 17.7 Å². The van der Waals surface area contributed by atoms with E-state index >= 15 is 0 Å². The maximum Gasteiger partial charge on any atom is 0.325 e. The number of nitrogens with two attached hydrogens (primary N) is 3. The van der Waals surface area contributed by atoms with Gasteiger partial charge in [-0.3, -0.25) is 33.8 Å². The second-order valence-corrected chi connectivity index (χ2v) is 7.61. The van der Waals surface area contributed by atoms with Crippen LogP contribution in [-0.2, 0) is 28.8 Å². The number of carbonyl (C=O) groups is 6. The van der Waals surface area contributed by atoms with Gasteiger partial charge in [0.05, 0.1) is 6.04 Å². The molecule has 0 aromatic heterocycles. The summed E-state index contributed by atoms with van der Waals surface area (Å²) >= 11 is 0. The quantitative estimate of drug-likeness (QED) is 0.0534. The van der Waals surface area contributed by atoms with Crippen molar-refractivity contribution in [3.63, 3.8) is 0 Å². The van der Waals surface area contributed by atoms with Gasteiger partial charge in [-0.25, -0.2) is 0 Å².